The van der Waals surface area contributed by atoms with Crippen LogP contribution in [0.4, 0.5) is 5.69 Å². The van der Waals surface area contributed by atoms with Crippen molar-refractivity contribution in [1.82, 2.24) is 0 Å². The van der Waals surface area contributed by atoms with Crippen molar-refractivity contribution >= 4 is 17.4 Å². The van der Waals surface area contributed by atoms with Crippen LogP contribution in [-0.2, 0) is 11.3 Å². The molecule has 0 radical (unpaired) electrons. The minimum absolute atomic E-state index is 0.680. The highest BCUT2D eigenvalue weighted by atomic mass is 32.2. The van der Waals surface area contributed by atoms with Crippen LogP contribution in [0.1, 0.15) is 12.5 Å². The molecule has 0 amide bonds. The third-order valence-electron chi connectivity index (χ3n) is 2.02. The second kappa shape index (κ2) is 7.60. The molecule has 84 valence electrons. The van der Waals surface area contributed by atoms with Gasteiger partial charge in [-0.25, -0.2) is 0 Å². The number of benzene rings is 1. The Labute approximate surface area is 96.4 Å². The lowest BCUT2D eigenvalue weighted by Crippen LogP contribution is -2.04. The van der Waals surface area contributed by atoms with Crippen LogP contribution in [0.5, 0.6) is 0 Å². The fourth-order valence-electron chi connectivity index (χ4n) is 1.35. The molecule has 0 heterocycles. The fourth-order valence-corrected chi connectivity index (χ4v) is 1.88. The summed E-state index contributed by atoms with van der Waals surface area (Å²) in [7, 11) is 1.72. The van der Waals surface area contributed by atoms with E-state index < -0.39 is 0 Å². The average Bonchev–Trinajstić information content (AvgIpc) is 2.26. The molecule has 0 aliphatic carbocycles. The Hall–Kier alpha value is -0.670. The number of rotatable bonds is 7. The number of anilines is 1. The van der Waals surface area contributed by atoms with Crippen LogP contribution in [0, 0.1) is 0 Å². The van der Waals surface area contributed by atoms with Crippen molar-refractivity contribution < 1.29 is 4.74 Å². The third kappa shape index (κ3) is 5.09. The van der Waals surface area contributed by atoms with Crippen molar-refractivity contribution in [2.24, 2.45) is 0 Å². The first-order valence-corrected chi connectivity index (χ1v) is 6.41. The second-order valence-corrected chi connectivity index (χ2v) is 4.65. The number of ether oxygens (including phenoxy) is 1. The molecule has 0 aromatic heterocycles. The van der Waals surface area contributed by atoms with Crippen LogP contribution < -0.4 is 5.32 Å². The maximum absolute atomic E-state index is 5.09. The summed E-state index contributed by atoms with van der Waals surface area (Å²) in [6.07, 6.45) is 0. The molecule has 0 saturated heterocycles. The highest BCUT2D eigenvalue weighted by molar-refractivity contribution is 7.99. The average molecular weight is 225 g/mol. The molecule has 3 heteroatoms. The van der Waals surface area contributed by atoms with Gasteiger partial charge in [0.25, 0.3) is 0 Å². The zero-order valence-electron chi connectivity index (χ0n) is 9.45. The molecule has 1 aromatic rings. The Morgan fingerprint density at radius 3 is 3.00 bits per heavy atom. The highest BCUT2D eigenvalue weighted by Gasteiger charge is 1.94. The van der Waals surface area contributed by atoms with Crippen molar-refractivity contribution in [2.45, 2.75) is 13.5 Å². The minimum atomic E-state index is 0.680. The van der Waals surface area contributed by atoms with Gasteiger partial charge in [0.15, 0.2) is 0 Å². The zero-order valence-corrected chi connectivity index (χ0v) is 10.3. The Kier molecular flexibility index (Phi) is 6.28. The molecule has 0 aliphatic heterocycles. The smallest absolute Gasteiger partial charge is 0.0713 e. The largest absolute Gasteiger partial charge is 0.384 e. The monoisotopic (exact) mass is 225 g/mol. The topological polar surface area (TPSA) is 21.3 Å². The SMILES string of the molecule is CCSCCNc1cccc(COC)c1. The fraction of sp³-hybridized carbons (Fsp3) is 0.500. The minimum Gasteiger partial charge on any atom is -0.384 e. The Balaban J connectivity index is 2.36. The van der Waals surface area contributed by atoms with E-state index in [-0.39, 0.29) is 0 Å². The summed E-state index contributed by atoms with van der Waals surface area (Å²) in [6, 6.07) is 8.37. The lowest BCUT2D eigenvalue weighted by Gasteiger charge is -2.07. The van der Waals surface area contributed by atoms with Gasteiger partial charge in [-0.2, -0.15) is 11.8 Å². The number of methoxy groups -OCH3 is 1. The van der Waals surface area contributed by atoms with E-state index >= 15 is 0 Å². The number of nitrogens with one attached hydrogen (secondary N) is 1. The van der Waals surface area contributed by atoms with Crippen LogP contribution >= 0.6 is 11.8 Å². The summed E-state index contributed by atoms with van der Waals surface area (Å²) in [5, 5.41) is 3.40. The molecule has 0 unspecified atom stereocenters. The van der Waals surface area contributed by atoms with E-state index in [2.05, 4.69) is 36.5 Å². The quantitative estimate of drug-likeness (QED) is 0.721. The van der Waals surface area contributed by atoms with Crippen molar-refractivity contribution in [3.63, 3.8) is 0 Å². The third-order valence-corrected chi connectivity index (χ3v) is 2.92. The molecule has 0 aliphatic rings. The van der Waals surface area contributed by atoms with E-state index in [0.717, 1.165) is 12.3 Å². The van der Waals surface area contributed by atoms with E-state index in [1.54, 1.807) is 7.11 Å². The Morgan fingerprint density at radius 1 is 1.40 bits per heavy atom. The van der Waals surface area contributed by atoms with Crippen molar-refractivity contribution in [1.29, 1.82) is 0 Å². The second-order valence-electron chi connectivity index (χ2n) is 3.26. The summed E-state index contributed by atoms with van der Waals surface area (Å²) >= 11 is 1.95. The summed E-state index contributed by atoms with van der Waals surface area (Å²) in [4.78, 5) is 0. The van der Waals surface area contributed by atoms with Crippen LogP contribution in [0.15, 0.2) is 24.3 Å². The molecule has 1 aromatic carbocycles. The molecule has 0 saturated carbocycles. The Morgan fingerprint density at radius 2 is 2.27 bits per heavy atom. The first-order valence-electron chi connectivity index (χ1n) is 5.26. The lowest BCUT2D eigenvalue weighted by atomic mass is 10.2. The van der Waals surface area contributed by atoms with Gasteiger partial charge in [-0.1, -0.05) is 19.1 Å². The van der Waals surface area contributed by atoms with Gasteiger partial charge in [-0.05, 0) is 23.4 Å². The molecule has 0 spiro atoms. The molecule has 0 atom stereocenters. The van der Waals surface area contributed by atoms with Crippen molar-refractivity contribution in [2.75, 3.05) is 30.5 Å². The first kappa shape index (κ1) is 12.4. The van der Waals surface area contributed by atoms with Gasteiger partial charge < -0.3 is 10.1 Å². The van der Waals surface area contributed by atoms with Gasteiger partial charge in [0.2, 0.25) is 0 Å². The molecule has 1 rings (SSSR count). The van der Waals surface area contributed by atoms with Gasteiger partial charge in [0.1, 0.15) is 0 Å². The van der Waals surface area contributed by atoms with Crippen LogP contribution in [0.25, 0.3) is 0 Å². The van der Waals surface area contributed by atoms with Crippen molar-refractivity contribution in [3.8, 4) is 0 Å². The van der Waals surface area contributed by atoms with Gasteiger partial charge in [0.05, 0.1) is 6.61 Å². The van der Waals surface area contributed by atoms with E-state index in [4.69, 9.17) is 4.74 Å². The molecule has 1 N–H and O–H groups in total. The lowest BCUT2D eigenvalue weighted by molar-refractivity contribution is 0.185. The predicted octanol–water partition coefficient (Wildman–Crippen LogP) is 3.00. The molecule has 0 bridgehead atoms. The molecular formula is C12H19NOS. The molecule has 15 heavy (non-hydrogen) atoms. The number of thioether (sulfide) groups is 1. The van der Waals surface area contributed by atoms with Gasteiger partial charge in [-0.15, -0.1) is 0 Å². The molecule has 2 nitrogen and oxygen atoms in total. The van der Waals surface area contributed by atoms with E-state index in [9.17, 15) is 0 Å². The summed E-state index contributed by atoms with van der Waals surface area (Å²) in [6.45, 7) is 3.89. The molecular weight excluding hydrogens is 206 g/mol. The highest BCUT2D eigenvalue weighted by Crippen LogP contribution is 2.11. The Bertz CT molecular complexity index is 278. The summed E-state index contributed by atoms with van der Waals surface area (Å²) in [5.41, 5.74) is 2.40. The van der Waals surface area contributed by atoms with E-state index in [0.29, 0.717) is 6.61 Å². The van der Waals surface area contributed by atoms with Crippen LogP contribution in [-0.4, -0.2) is 25.2 Å². The van der Waals surface area contributed by atoms with Gasteiger partial charge >= 0.3 is 0 Å². The van der Waals surface area contributed by atoms with Gasteiger partial charge in [0, 0.05) is 25.1 Å². The molecule has 0 fully saturated rings. The maximum Gasteiger partial charge on any atom is 0.0713 e. The van der Waals surface area contributed by atoms with Crippen LogP contribution in [0.3, 0.4) is 0 Å². The van der Waals surface area contributed by atoms with Crippen LogP contribution in [0.2, 0.25) is 0 Å². The zero-order chi connectivity index (χ0) is 10.9. The number of hydrogen-bond acceptors (Lipinski definition) is 3. The number of hydrogen-bond donors (Lipinski definition) is 1. The predicted molar refractivity (Wildman–Crippen MR) is 68.6 cm³/mol. The maximum atomic E-state index is 5.09. The first-order chi connectivity index (χ1) is 7.36. The van der Waals surface area contributed by atoms with E-state index in [1.807, 2.05) is 11.8 Å². The summed E-state index contributed by atoms with van der Waals surface area (Å²) < 4.78 is 5.09. The normalized spacial score (nSPS) is 10.3. The van der Waals surface area contributed by atoms with Crippen molar-refractivity contribution in [3.05, 3.63) is 29.8 Å². The van der Waals surface area contributed by atoms with Gasteiger partial charge in [-0.3, -0.25) is 0 Å². The standard InChI is InChI=1S/C12H19NOS/c1-3-15-8-7-13-12-6-4-5-11(9-12)10-14-2/h4-6,9,13H,3,7-8,10H2,1-2H3. The summed E-state index contributed by atoms with van der Waals surface area (Å²) in [5.74, 6) is 2.34. The van der Waals surface area contributed by atoms with E-state index in [1.165, 1.54) is 17.0 Å².